The van der Waals surface area contributed by atoms with E-state index in [0.29, 0.717) is 11.6 Å². The first-order chi connectivity index (χ1) is 16.9. The summed E-state index contributed by atoms with van der Waals surface area (Å²) in [5.41, 5.74) is 3.96. The van der Waals surface area contributed by atoms with Crippen molar-refractivity contribution in [3.8, 4) is 16.9 Å². The van der Waals surface area contributed by atoms with Crippen LogP contribution in [0.5, 0.6) is 5.75 Å². The third kappa shape index (κ3) is 5.75. The number of rotatable bonds is 6. The largest absolute Gasteiger partial charge is 0.505 e. The lowest BCUT2D eigenvalue weighted by Gasteiger charge is -2.32. The van der Waals surface area contributed by atoms with Crippen LogP contribution in [0.25, 0.3) is 22.0 Å². The molecule has 0 radical (unpaired) electrons. The normalized spacial score (nSPS) is 20.3. The van der Waals surface area contributed by atoms with Gasteiger partial charge in [0.25, 0.3) is 0 Å². The second-order valence-corrected chi connectivity index (χ2v) is 10.8. The number of hydrogen-bond acceptors (Lipinski definition) is 5. The molecule has 192 valence electrons. The van der Waals surface area contributed by atoms with Gasteiger partial charge in [-0.1, -0.05) is 29.3 Å². The summed E-state index contributed by atoms with van der Waals surface area (Å²) in [6.07, 6.45) is 8.98. The molecule has 0 atom stereocenters. The van der Waals surface area contributed by atoms with Crippen LogP contribution in [0.1, 0.15) is 55.8 Å². The molecule has 1 aromatic heterocycles. The number of aromatic hydroxyl groups is 1. The number of anilines is 1. The Balaban J connectivity index is 0.00000304. The highest BCUT2D eigenvalue weighted by Crippen LogP contribution is 2.39. The maximum Gasteiger partial charge on any atom is 0.163 e. The zero-order valence-corrected chi connectivity index (χ0v) is 22.7. The van der Waals surface area contributed by atoms with Crippen molar-refractivity contribution in [3.05, 3.63) is 52.1 Å². The predicted molar refractivity (Wildman–Crippen MR) is 151 cm³/mol. The lowest BCUT2D eigenvalue weighted by atomic mass is 9.85. The summed E-state index contributed by atoms with van der Waals surface area (Å²) >= 11 is 12.3. The first-order valence-electron chi connectivity index (χ1n) is 12.5. The third-order valence-corrected chi connectivity index (χ3v) is 8.08. The van der Waals surface area contributed by atoms with Crippen molar-refractivity contribution in [1.29, 1.82) is 0 Å². The molecule has 2 N–H and O–H groups in total. The minimum absolute atomic E-state index is 0. The van der Waals surface area contributed by atoms with Crippen LogP contribution < -0.4 is 5.32 Å². The quantitative estimate of drug-likeness (QED) is 0.310. The first kappa shape index (κ1) is 27.0. The van der Waals surface area contributed by atoms with E-state index < -0.39 is 0 Å². The van der Waals surface area contributed by atoms with Crippen molar-refractivity contribution >= 4 is 58.0 Å². The molecule has 1 saturated carbocycles. The van der Waals surface area contributed by atoms with Crippen LogP contribution in [-0.2, 0) is 0 Å². The summed E-state index contributed by atoms with van der Waals surface area (Å²) in [5.74, 6) is 0.634. The number of phenols is 1. The molecule has 1 saturated heterocycles. The number of nitrogens with one attached hydrogen (secondary N) is 1. The minimum Gasteiger partial charge on any atom is -0.505 e. The second-order valence-electron chi connectivity index (χ2n) is 9.99. The molecule has 0 amide bonds. The van der Waals surface area contributed by atoms with Gasteiger partial charge in [-0.05, 0) is 99.8 Å². The van der Waals surface area contributed by atoms with Crippen LogP contribution in [0, 0.1) is 5.92 Å². The van der Waals surface area contributed by atoms with E-state index >= 15 is 0 Å². The fourth-order valence-electron chi connectivity index (χ4n) is 5.55. The Morgan fingerprint density at radius 1 is 1.06 bits per heavy atom. The highest BCUT2D eigenvalue weighted by atomic mass is 35.5. The van der Waals surface area contributed by atoms with Crippen molar-refractivity contribution in [1.82, 2.24) is 9.88 Å². The number of ketones is 1. The van der Waals surface area contributed by atoms with Crippen molar-refractivity contribution in [2.24, 2.45) is 5.92 Å². The monoisotopic (exact) mass is 547 g/mol. The van der Waals surface area contributed by atoms with Gasteiger partial charge >= 0.3 is 0 Å². The SMILES string of the molecule is CC(=O)c1cnc2ccc(-c3cc(Cl)c(O)c(Cl)c3)cc2c1NC1CCC(CN2CCCC2)CC1.Cl. The van der Waals surface area contributed by atoms with Gasteiger partial charge in [0.2, 0.25) is 0 Å². The number of aromatic nitrogens is 1. The van der Waals surface area contributed by atoms with Gasteiger partial charge in [0, 0.05) is 24.2 Å². The Kier molecular flexibility index (Phi) is 8.67. The van der Waals surface area contributed by atoms with Gasteiger partial charge < -0.3 is 15.3 Å². The van der Waals surface area contributed by atoms with E-state index in [9.17, 15) is 9.90 Å². The van der Waals surface area contributed by atoms with E-state index in [1.165, 1.54) is 45.3 Å². The first-order valence-corrected chi connectivity index (χ1v) is 13.3. The molecule has 2 aromatic carbocycles. The average molecular weight is 549 g/mol. The average Bonchev–Trinajstić information content (AvgIpc) is 3.36. The molecule has 0 bridgehead atoms. The Bertz CT molecular complexity index is 1230. The number of pyridine rings is 1. The van der Waals surface area contributed by atoms with Crippen LogP contribution in [0.4, 0.5) is 5.69 Å². The molecule has 0 unspecified atom stereocenters. The van der Waals surface area contributed by atoms with E-state index in [0.717, 1.165) is 46.5 Å². The molecule has 0 spiro atoms. The van der Waals surface area contributed by atoms with Crippen molar-refractivity contribution in [2.45, 2.75) is 51.5 Å². The van der Waals surface area contributed by atoms with E-state index in [1.54, 1.807) is 25.3 Å². The summed E-state index contributed by atoms with van der Waals surface area (Å²) in [5, 5.41) is 15.0. The van der Waals surface area contributed by atoms with Gasteiger partial charge in [-0.2, -0.15) is 0 Å². The summed E-state index contributed by atoms with van der Waals surface area (Å²) in [7, 11) is 0. The van der Waals surface area contributed by atoms with E-state index in [4.69, 9.17) is 23.2 Å². The van der Waals surface area contributed by atoms with E-state index in [2.05, 4.69) is 15.2 Å². The van der Waals surface area contributed by atoms with Crippen LogP contribution in [0.3, 0.4) is 0 Å². The molecule has 1 aliphatic carbocycles. The predicted octanol–water partition coefficient (Wildman–Crippen LogP) is 7.61. The molecule has 2 heterocycles. The van der Waals surface area contributed by atoms with Gasteiger partial charge in [-0.15, -0.1) is 12.4 Å². The summed E-state index contributed by atoms with van der Waals surface area (Å²) < 4.78 is 0. The van der Waals surface area contributed by atoms with Gasteiger partial charge in [-0.25, -0.2) is 0 Å². The topological polar surface area (TPSA) is 65.5 Å². The van der Waals surface area contributed by atoms with Gasteiger partial charge in [0.1, 0.15) is 0 Å². The number of likely N-dealkylation sites (tertiary alicyclic amines) is 1. The molecule has 2 aliphatic rings. The molecular formula is C28H32Cl3N3O2. The number of halogens is 3. The third-order valence-electron chi connectivity index (χ3n) is 7.51. The molecule has 1 aliphatic heterocycles. The van der Waals surface area contributed by atoms with E-state index in [1.807, 2.05) is 18.2 Å². The number of carbonyl (C=O) groups excluding carboxylic acids is 1. The fraction of sp³-hybridized carbons (Fsp3) is 0.429. The number of carbonyl (C=O) groups is 1. The summed E-state index contributed by atoms with van der Waals surface area (Å²) in [6, 6.07) is 9.64. The second kappa shape index (κ2) is 11.6. The van der Waals surface area contributed by atoms with Gasteiger partial charge in [-0.3, -0.25) is 9.78 Å². The number of Topliss-reactive ketones (excluding diaryl/α,β-unsaturated/α-hetero) is 1. The highest BCUT2D eigenvalue weighted by Gasteiger charge is 2.25. The molecule has 36 heavy (non-hydrogen) atoms. The Morgan fingerprint density at radius 3 is 2.36 bits per heavy atom. The standard InChI is InChI=1S/C28H31Cl2N3O2.ClH/c1-17(34)23-15-31-26-9-6-19(20-13-24(29)28(35)25(30)14-20)12-22(26)27(23)32-21-7-4-18(5-8-21)16-33-10-2-3-11-33;/h6,9,12-15,18,21,35H,2-5,7-8,10-11,16H2,1H3,(H,31,32);1H. The smallest absolute Gasteiger partial charge is 0.163 e. The molecule has 5 nitrogen and oxygen atoms in total. The summed E-state index contributed by atoms with van der Waals surface area (Å²) in [6.45, 7) is 5.32. The Morgan fingerprint density at radius 2 is 1.72 bits per heavy atom. The van der Waals surface area contributed by atoms with Crippen LogP contribution >= 0.6 is 35.6 Å². The number of nitrogens with zero attached hydrogens (tertiary/aromatic N) is 2. The van der Waals surface area contributed by atoms with Crippen LogP contribution in [0.2, 0.25) is 10.0 Å². The molecule has 3 aromatic rings. The number of fused-ring (bicyclic) bond motifs is 1. The molecule has 5 rings (SSSR count). The van der Waals surface area contributed by atoms with E-state index in [-0.39, 0.29) is 34.0 Å². The maximum absolute atomic E-state index is 12.5. The van der Waals surface area contributed by atoms with Crippen molar-refractivity contribution < 1.29 is 9.90 Å². The molecule has 2 fully saturated rings. The lowest BCUT2D eigenvalue weighted by Crippen LogP contribution is -2.33. The Labute approximate surface area is 228 Å². The maximum atomic E-state index is 12.5. The van der Waals surface area contributed by atoms with Gasteiger partial charge in [0.15, 0.2) is 11.5 Å². The minimum atomic E-state index is -0.124. The van der Waals surface area contributed by atoms with Crippen molar-refractivity contribution in [2.75, 3.05) is 25.0 Å². The number of phenolic OH excluding ortho intramolecular Hbond substituents is 1. The van der Waals surface area contributed by atoms with Gasteiger partial charge in [0.05, 0.1) is 26.8 Å². The molecular weight excluding hydrogens is 517 g/mol. The zero-order valence-electron chi connectivity index (χ0n) is 20.4. The highest BCUT2D eigenvalue weighted by molar-refractivity contribution is 6.37. The van der Waals surface area contributed by atoms with Crippen molar-refractivity contribution in [3.63, 3.8) is 0 Å². The molecule has 8 heteroatoms. The fourth-order valence-corrected chi connectivity index (χ4v) is 6.04. The number of benzene rings is 2. The van der Waals surface area contributed by atoms with Crippen LogP contribution in [-0.4, -0.2) is 46.4 Å². The van der Waals surface area contributed by atoms with Crippen LogP contribution in [0.15, 0.2) is 36.5 Å². The lowest BCUT2D eigenvalue weighted by molar-refractivity contribution is 0.101. The Hall–Kier alpha value is -2.05. The number of hydrogen-bond donors (Lipinski definition) is 2. The summed E-state index contributed by atoms with van der Waals surface area (Å²) in [4.78, 5) is 19.7. The zero-order chi connectivity index (χ0) is 24.5.